The van der Waals surface area contributed by atoms with Gasteiger partial charge in [0.2, 0.25) is 11.8 Å². The Morgan fingerprint density at radius 2 is 1.36 bits per heavy atom. The predicted molar refractivity (Wildman–Crippen MR) is 169 cm³/mol. The number of primary amides is 1. The Balaban J connectivity index is 0.000000423. The number of benzene rings is 3. The first-order valence-corrected chi connectivity index (χ1v) is 14.3. The molecule has 0 radical (unpaired) electrons. The lowest BCUT2D eigenvalue weighted by molar-refractivity contribution is -0.127. The van der Waals surface area contributed by atoms with Crippen LogP contribution in [0.15, 0.2) is 84.9 Å². The monoisotopic (exact) mass is 575 g/mol. The van der Waals surface area contributed by atoms with Gasteiger partial charge in [-0.15, -0.1) is 0 Å². The topological polar surface area (TPSA) is 156 Å². The molecule has 3 aromatic rings. The van der Waals surface area contributed by atoms with Crippen molar-refractivity contribution in [1.29, 1.82) is 0 Å². The molecule has 0 saturated heterocycles. The number of carbonyl (C=O) groups excluding carboxylic acids is 4. The van der Waals surface area contributed by atoms with Gasteiger partial charge >= 0.3 is 6.03 Å². The summed E-state index contributed by atoms with van der Waals surface area (Å²) >= 11 is 0. The van der Waals surface area contributed by atoms with Crippen LogP contribution in [0.2, 0.25) is 0 Å². The fourth-order valence-electron chi connectivity index (χ4n) is 3.60. The second-order valence-electron chi connectivity index (χ2n) is 9.44. The lowest BCUT2D eigenvalue weighted by Crippen LogP contribution is -2.46. The SMILES string of the molecule is CCCCc1ccccc1.CCCNC(N)=O.N[C@@H](Cc1ccc(-c2ccccc2)cc1)C(=O)NCC(=O)NCC=O. The smallest absolute Gasteiger partial charge is 0.312 e. The molecule has 0 spiro atoms. The number of aldehydes is 1. The first-order chi connectivity index (χ1) is 20.3. The normalized spacial score (nSPS) is 10.5. The van der Waals surface area contributed by atoms with Crippen LogP contribution in [0.25, 0.3) is 11.1 Å². The van der Waals surface area contributed by atoms with Gasteiger partial charge in [0.25, 0.3) is 0 Å². The third kappa shape index (κ3) is 16.6. The Morgan fingerprint density at radius 1 is 0.762 bits per heavy atom. The number of nitrogens with one attached hydrogen (secondary N) is 3. The highest BCUT2D eigenvalue weighted by Gasteiger charge is 2.15. The van der Waals surface area contributed by atoms with E-state index in [1.807, 2.05) is 61.5 Å². The summed E-state index contributed by atoms with van der Waals surface area (Å²) in [5.74, 6) is -0.840. The minimum absolute atomic E-state index is 0.0749. The van der Waals surface area contributed by atoms with Crippen LogP contribution in [0.5, 0.6) is 0 Å². The predicted octanol–water partition coefficient (Wildman–Crippen LogP) is 3.75. The molecule has 3 rings (SSSR count). The molecule has 9 nitrogen and oxygen atoms in total. The van der Waals surface area contributed by atoms with Crippen molar-refractivity contribution in [1.82, 2.24) is 16.0 Å². The maximum absolute atomic E-state index is 11.9. The average Bonchev–Trinajstić information content (AvgIpc) is 3.02. The van der Waals surface area contributed by atoms with Crippen molar-refractivity contribution in [2.24, 2.45) is 11.5 Å². The van der Waals surface area contributed by atoms with Gasteiger partial charge in [0.15, 0.2) is 0 Å². The second kappa shape index (κ2) is 22.2. The van der Waals surface area contributed by atoms with E-state index in [2.05, 4.69) is 53.2 Å². The van der Waals surface area contributed by atoms with Crippen LogP contribution < -0.4 is 27.4 Å². The van der Waals surface area contributed by atoms with Crippen LogP contribution in [0.3, 0.4) is 0 Å². The molecule has 0 aliphatic carbocycles. The highest BCUT2D eigenvalue weighted by molar-refractivity contribution is 5.88. The highest BCUT2D eigenvalue weighted by Crippen LogP contribution is 2.19. The molecule has 0 heterocycles. The Kier molecular flexibility index (Phi) is 18.8. The molecule has 0 fully saturated rings. The fraction of sp³-hybridized carbons (Fsp3) is 0.333. The Bertz CT molecular complexity index is 1170. The van der Waals surface area contributed by atoms with E-state index in [4.69, 9.17) is 11.5 Å². The van der Waals surface area contributed by atoms with Gasteiger partial charge in [-0.3, -0.25) is 9.59 Å². The first-order valence-electron chi connectivity index (χ1n) is 14.3. The molecule has 3 aromatic carbocycles. The second-order valence-corrected chi connectivity index (χ2v) is 9.44. The van der Waals surface area contributed by atoms with E-state index in [0.717, 1.165) is 23.1 Å². The molecule has 0 bridgehead atoms. The number of rotatable bonds is 13. The van der Waals surface area contributed by atoms with Gasteiger partial charge in [0.1, 0.15) is 6.29 Å². The molecule has 226 valence electrons. The standard InChI is InChI=1S/C19H21N3O3.C10H14.C4H10N2O/c20-17(19(25)22-13-18(24)21-10-11-23)12-14-6-8-16(9-7-14)15-4-2-1-3-5-15;1-2-3-7-10-8-5-4-6-9-10;1-2-3-6-4(5)7/h1-9,11,17H,10,12-13,20H2,(H,21,24)(H,22,25);4-6,8-9H,2-3,7H2,1H3;2-3H2,1H3,(H3,5,6,7)/t17-;;/m0../s1. The van der Waals surface area contributed by atoms with Gasteiger partial charge in [-0.05, 0) is 47.9 Å². The van der Waals surface area contributed by atoms with E-state index >= 15 is 0 Å². The molecule has 0 unspecified atom stereocenters. The van der Waals surface area contributed by atoms with Crippen LogP contribution in [0, 0.1) is 0 Å². The summed E-state index contributed by atoms with van der Waals surface area (Å²) in [4.78, 5) is 43.3. The molecule has 0 saturated carbocycles. The number of aryl methyl sites for hydroxylation is 1. The number of hydrogen-bond acceptors (Lipinski definition) is 5. The van der Waals surface area contributed by atoms with Crippen molar-refractivity contribution >= 4 is 24.1 Å². The number of urea groups is 1. The van der Waals surface area contributed by atoms with Gasteiger partial charge in [0.05, 0.1) is 19.1 Å². The first kappa shape index (κ1) is 35.5. The lowest BCUT2D eigenvalue weighted by Gasteiger charge is -2.12. The van der Waals surface area contributed by atoms with Gasteiger partial charge < -0.3 is 32.2 Å². The van der Waals surface area contributed by atoms with E-state index in [-0.39, 0.29) is 13.1 Å². The zero-order valence-electron chi connectivity index (χ0n) is 24.7. The molecule has 0 aromatic heterocycles. The van der Waals surface area contributed by atoms with Crippen LogP contribution in [0.1, 0.15) is 44.2 Å². The average molecular weight is 576 g/mol. The molecular formula is C33H45N5O4. The fourth-order valence-corrected chi connectivity index (χ4v) is 3.60. The van der Waals surface area contributed by atoms with E-state index in [1.165, 1.54) is 24.8 Å². The van der Waals surface area contributed by atoms with Crippen LogP contribution >= 0.6 is 0 Å². The van der Waals surface area contributed by atoms with E-state index in [1.54, 1.807) is 0 Å². The minimum atomic E-state index is -0.749. The zero-order chi connectivity index (χ0) is 31.0. The molecule has 0 aliphatic rings. The number of amides is 4. The Labute approximate surface area is 249 Å². The summed E-state index contributed by atoms with van der Waals surface area (Å²) < 4.78 is 0. The van der Waals surface area contributed by atoms with Crippen molar-refractivity contribution in [3.63, 3.8) is 0 Å². The van der Waals surface area contributed by atoms with E-state index < -0.39 is 23.9 Å². The molecular weight excluding hydrogens is 530 g/mol. The van der Waals surface area contributed by atoms with E-state index in [9.17, 15) is 19.2 Å². The Hall–Kier alpha value is -4.50. The highest BCUT2D eigenvalue weighted by atomic mass is 16.2. The van der Waals surface area contributed by atoms with Gasteiger partial charge in [-0.1, -0.05) is 105 Å². The molecule has 4 amide bonds. The number of carbonyl (C=O) groups is 4. The minimum Gasteiger partial charge on any atom is -0.352 e. The summed E-state index contributed by atoms with van der Waals surface area (Å²) in [5, 5.41) is 7.23. The maximum atomic E-state index is 11.9. The molecule has 0 aliphatic heterocycles. The summed E-state index contributed by atoms with van der Waals surface area (Å²) in [6.07, 6.45) is 5.71. The van der Waals surface area contributed by atoms with E-state index in [0.29, 0.717) is 19.3 Å². The molecule has 42 heavy (non-hydrogen) atoms. The third-order valence-corrected chi connectivity index (χ3v) is 5.87. The largest absolute Gasteiger partial charge is 0.352 e. The number of hydrogen-bond donors (Lipinski definition) is 5. The maximum Gasteiger partial charge on any atom is 0.312 e. The van der Waals surface area contributed by atoms with Crippen molar-refractivity contribution < 1.29 is 19.2 Å². The van der Waals surface area contributed by atoms with Crippen molar-refractivity contribution in [3.8, 4) is 11.1 Å². The third-order valence-electron chi connectivity index (χ3n) is 5.87. The molecule has 9 heteroatoms. The lowest BCUT2D eigenvalue weighted by atomic mass is 10.0. The van der Waals surface area contributed by atoms with Gasteiger partial charge in [0, 0.05) is 6.54 Å². The molecule has 1 atom stereocenters. The van der Waals surface area contributed by atoms with Crippen LogP contribution in [-0.4, -0.2) is 49.8 Å². The van der Waals surface area contributed by atoms with Crippen molar-refractivity contribution in [2.45, 2.75) is 52.0 Å². The van der Waals surface area contributed by atoms with Gasteiger partial charge in [-0.2, -0.15) is 0 Å². The van der Waals surface area contributed by atoms with Gasteiger partial charge in [-0.25, -0.2) is 4.79 Å². The Morgan fingerprint density at radius 3 is 1.88 bits per heavy atom. The number of unbranched alkanes of at least 4 members (excludes halogenated alkanes) is 1. The molecule has 7 N–H and O–H groups in total. The summed E-state index contributed by atoms with van der Waals surface area (Å²) in [5.41, 5.74) is 15.2. The van der Waals surface area contributed by atoms with Crippen LogP contribution in [0.4, 0.5) is 4.79 Å². The number of nitrogens with two attached hydrogens (primary N) is 2. The quantitative estimate of drug-likeness (QED) is 0.196. The summed E-state index contributed by atoms with van der Waals surface area (Å²) in [6, 6.07) is 27.3. The summed E-state index contributed by atoms with van der Waals surface area (Å²) in [7, 11) is 0. The zero-order valence-corrected chi connectivity index (χ0v) is 24.7. The van der Waals surface area contributed by atoms with Crippen molar-refractivity contribution in [2.75, 3.05) is 19.6 Å². The summed E-state index contributed by atoms with van der Waals surface area (Å²) in [6.45, 7) is 4.59. The van der Waals surface area contributed by atoms with Crippen LogP contribution in [-0.2, 0) is 27.2 Å². The van der Waals surface area contributed by atoms with Crippen molar-refractivity contribution in [3.05, 3.63) is 96.1 Å².